The Kier molecular flexibility index (Phi) is 2.87. The van der Waals surface area contributed by atoms with Crippen LogP contribution in [0.4, 0.5) is 17.3 Å². The summed E-state index contributed by atoms with van der Waals surface area (Å²) in [5.74, 6) is 0.911. The number of rotatable bonds is 3. The van der Waals surface area contributed by atoms with Crippen LogP contribution in [-0.4, -0.2) is 24.9 Å². The second kappa shape index (κ2) is 5.02. The number of nitrogens with one attached hydrogen (secondary N) is 2. The van der Waals surface area contributed by atoms with Gasteiger partial charge in [0.1, 0.15) is 17.3 Å². The van der Waals surface area contributed by atoms with Crippen molar-refractivity contribution >= 4 is 39.3 Å². The van der Waals surface area contributed by atoms with Gasteiger partial charge in [-0.05, 0) is 18.2 Å². The average Bonchev–Trinajstić information content (AvgIpc) is 2.92. The highest BCUT2D eigenvalue weighted by Gasteiger charge is 2.09. The molecule has 0 aromatic carbocycles. The number of pyridine rings is 3. The molecule has 0 aliphatic heterocycles. The molecule has 0 bridgehead atoms. The number of H-pyrrole nitrogens is 1. The molecular formula is C15H10N6O2. The van der Waals surface area contributed by atoms with Crippen LogP contribution in [0.3, 0.4) is 0 Å². The van der Waals surface area contributed by atoms with Gasteiger partial charge in [0.25, 0.3) is 5.69 Å². The molecule has 0 aliphatic carbocycles. The second-order valence-electron chi connectivity index (χ2n) is 4.92. The van der Waals surface area contributed by atoms with Gasteiger partial charge in [0.05, 0.1) is 16.5 Å². The lowest BCUT2D eigenvalue weighted by Gasteiger charge is -2.04. The highest BCUT2D eigenvalue weighted by molar-refractivity contribution is 6.05. The molecule has 4 aromatic heterocycles. The van der Waals surface area contributed by atoms with Crippen LogP contribution in [0.5, 0.6) is 0 Å². The summed E-state index contributed by atoms with van der Waals surface area (Å²) in [4.78, 5) is 26.2. The Bertz CT molecular complexity index is 1040. The van der Waals surface area contributed by atoms with E-state index < -0.39 is 4.92 Å². The largest absolute Gasteiger partial charge is 0.339 e. The Morgan fingerprint density at radius 3 is 2.87 bits per heavy atom. The van der Waals surface area contributed by atoms with E-state index in [2.05, 4.69) is 25.3 Å². The van der Waals surface area contributed by atoms with Gasteiger partial charge in [-0.2, -0.15) is 0 Å². The predicted molar refractivity (Wildman–Crippen MR) is 85.6 cm³/mol. The third-order valence-electron chi connectivity index (χ3n) is 3.47. The molecule has 23 heavy (non-hydrogen) atoms. The van der Waals surface area contributed by atoms with E-state index >= 15 is 0 Å². The first-order chi connectivity index (χ1) is 11.2. The van der Waals surface area contributed by atoms with Crippen LogP contribution >= 0.6 is 0 Å². The molecular weight excluding hydrogens is 296 g/mol. The van der Waals surface area contributed by atoms with Crippen LogP contribution in [0, 0.1) is 10.1 Å². The van der Waals surface area contributed by atoms with E-state index in [1.807, 2.05) is 12.1 Å². The zero-order valence-electron chi connectivity index (χ0n) is 11.7. The van der Waals surface area contributed by atoms with Crippen molar-refractivity contribution in [1.82, 2.24) is 19.9 Å². The van der Waals surface area contributed by atoms with Crippen molar-refractivity contribution in [1.29, 1.82) is 0 Å². The Balaban J connectivity index is 1.73. The molecule has 2 N–H and O–H groups in total. The van der Waals surface area contributed by atoms with Gasteiger partial charge in [-0.15, -0.1) is 0 Å². The van der Waals surface area contributed by atoms with E-state index in [0.717, 1.165) is 16.3 Å². The average molecular weight is 306 g/mol. The van der Waals surface area contributed by atoms with E-state index in [0.29, 0.717) is 17.3 Å². The van der Waals surface area contributed by atoms with Crippen LogP contribution in [0.15, 0.2) is 48.9 Å². The molecule has 112 valence electrons. The smallest absolute Gasteiger partial charge is 0.274 e. The maximum absolute atomic E-state index is 10.8. The van der Waals surface area contributed by atoms with Crippen molar-refractivity contribution in [3.05, 3.63) is 59.0 Å². The first-order valence-electron chi connectivity index (χ1n) is 6.80. The molecule has 8 heteroatoms. The lowest BCUT2D eigenvalue weighted by molar-refractivity contribution is -0.384. The number of anilines is 2. The lowest BCUT2D eigenvalue weighted by atomic mass is 10.2. The zero-order chi connectivity index (χ0) is 15.8. The molecule has 0 saturated heterocycles. The summed E-state index contributed by atoms with van der Waals surface area (Å²) in [6, 6.07) is 8.30. The lowest BCUT2D eigenvalue weighted by Crippen LogP contribution is -1.97. The monoisotopic (exact) mass is 306 g/mol. The molecule has 4 aromatic rings. The number of fused-ring (bicyclic) bond motifs is 3. The Morgan fingerprint density at radius 1 is 1.09 bits per heavy atom. The summed E-state index contributed by atoms with van der Waals surface area (Å²) in [5, 5.41) is 15.7. The first kappa shape index (κ1) is 13.1. The fourth-order valence-corrected chi connectivity index (χ4v) is 2.42. The standard InChI is InChI=1S/C15H10N6O2/c22-21(23)9-3-6-17-14(7-9)19-13-2-1-10-11-8-16-5-4-12(11)18-15(10)20-13/h1-8H,(H2,17,18,19,20). The summed E-state index contributed by atoms with van der Waals surface area (Å²) in [7, 11) is 0. The van der Waals surface area contributed by atoms with Gasteiger partial charge < -0.3 is 10.3 Å². The van der Waals surface area contributed by atoms with Crippen LogP contribution in [0.25, 0.3) is 21.9 Å². The maximum atomic E-state index is 10.8. The van der Waals surface area contributed by atoms with E-state index in [-0.39, 0.29) is 5.69 Å². The summed E-state index contributed by atoms with van der Waals surface area (Å²) in [5.41, 5.74) is 1.64. The number of aromatic amines is 1. The first-order valence-corrected chi connectivity index (χ1v) is 6.80. The summed E-state index contributed by atoms with van der Waals surface area (Å²) in [6.45, 7) is 0. The van der Waals surface area contributed by atoms with Crippen LogP contribution in [0.1, 0.15) is 0 Å². The van der Waals surface area contributed by atoms with Gasteiger partial charge in [0.15, 0.2) is 0 Å². The zero-order valence-corrected chi connectivity index (χ0v) is 11.7. The SMILES string of the molecule is O=[N+]([O-])c1ccnc(Nc2ccc3c(n2)[nH]c2ccncc23)c1. The molecule has 0 saturated carbocycles. The highest BCUT2D eigenvalue weighted by Crippen LogP contribution is 2.25. The van der Waals surface area contributed by atoms with Crippen molar-refractivity contribution in [2.45, 2.75) is 0 Å². The highest BCUT2D eigenvalue weighted by atomic mass is 16.6. The van der Waals surface area contributed by atoms with E-state index in [1.165, 1.54) is 18.3 Å². The van der Waals surface area contributed by atoms with Gasteiger partial charge in [-0.3, -0.25) is 15.1 Å². The van der Waals surface area contributed by atoms with Crippen molar-refractivity contribution in [2.75, 3.05) is 5.32 Å². The molecule has 0 fully saturated rings. The van der Waals surface area contributed by atoms with E-state index in [4.69, 9.17) is 0 Å². The second-order valence-corrected chi connectivity index (χ2v) is 4.92. The van der Waals surface area contributed by atoms with Gasteiger partial charge in [0, 0.05) is 35.4 Å². The fourth-order valence-electron chi connectivity index (χ4n) is 2.42. The van der Waals surface area contributed by atoms with E-state index in [9.17, 15) is 10.1 Å². The van der Waals surface area contributed by atoms with Crippen molar-refractivity contribution in [2.24, 2.45) is 0 Å². The summed E-state index contributed by atoms with van der Waals surface area (Å²) >= 11 is 0. The summed E-state index contributed by atoms with van der Waals surface area (Å²) < 4.78 is 0. The van der Waals surface area contributed by atoms with Crippen molar-refractivity contribution in [3.63, 3.8) is 0 Å². The van der Waals surface area contributed by atoms with Crippen LogP contribution in [-0.2, 0) is 0 Å². The maximum Gasteiger partial charge on any atom is 0.274 e. The van der Waals surface area contributed by atoms with Gasteiger partial charge >= 0.3 is 0 Å². The predicted octanol–water partition coefficient (Wildman–Crippen LogP) is 3.16. The molecule has 0 unspecified atom stereocenters. The number of hydrogen-bond donors (Lipinski definition) is 2. The molecule has 0 spiro atoms. The third kappa shape index (κ3) is 2.31. The minimum absolute atomic E-state index is 0.0275. The molecule has 0 amide bonds. The Morgan fingerprint density at radius 2 is 2.00 bits per heavy atom. The van der Waals surface area contributed by atoms with Crippen LogP contribution in [0.2, 0.25) is 0 Å². The van der Waals surface area contributed by atoms with Gasteiger partial charge in [0.2, 0.25) is 0 Å². The number of aromatic nitrogens is 4. The van der Waals surface area contributed by atoms with Crippen LogP contribution < -0.4 is 5.32 Å². The Labute approximate surface area is 129 Å². The van der Waals surface area contributed by atoms with Gasteiger partial charge in [-0.25, -0.2) is 9.97 Å². The summed E-state index contributed by atoms with van der Waals surface area (Å²) in [6.07, 6.45) is 4.88. The minimum atomic E-state index is -0.464. The van der Waals surface area contributed by atoms with Gasteiger partial charge in [-0.1, -0.05) is 0 Å². The number of hydrogen-bond acceptors (Lipinski definition) is 6. The minimum Gasteiger partial charge on any atom is -0.339 e. The molecule has 4 heterocycles. The third-order valence-corrected chi connectivity index (χ3v) is 3.47. The number of nitrogens with zero attached hydrogens (tertiary/aromatic N) is 4. The Hall–Kier alpha value is -3.55. The molecule has 8 nitrogen and oxygen atoms in total. The quantitative estimate of drug-likeness (QED) is 0.444. The molecule has 0 aliphatic rings. The molecule has 0 atom stereocenters. The fraction of sp³-hybridized carbons (Fsp3) is 0. The van der Waals surface area contributed by atoms with Crippen molar-refractivity contribution < 1.29 is 4.92 Å². The van der Waals surface area contributed by atoms with Crippen molar-refractivity contribution in [3.8, 4) is 0 Å². The van der Waals surface area contributed by atoms with E-state index in [1.54, 1.807) is 18.5 Å². The number of nitro groups is 1. The molecule has 4 rings (SSSR count). The molecule has 0 radical (unpaired) electrons. The topological polar surface area (TPSA) is 110 Å². The normalized spacial score (nSPS) is 11.0.